The molecule has 0 aromatic carbocycles. The van der Waals surface area contributed by atoms with Crippen molar-refractivity contribution in [1.82, 2.24) is 24.5 Å². The molecule has 0 spiro atoms. The summed E-state index contributed by atoms with van der Waals surface area (Å²) >= 11 is 0. The number of fused-ring (bicyclic) bond motifs is 1. The number of ether oxygens (including phenoxy) is 1. The van der Waals surface area contributed by atoms with Crippen LogP contribution in [0.15, 0.2) is 35.4 Å². The van der Waals surface area contributed by atoms with Crippen molar-refractivity contribution in [3.8, 4) is 0 Å². The Labute approximate surface area is 185 Å². The summed E-state index contributed by atoms with van der Waals surface area (Å²) in [6, 6.07) is 5.57. The molecule has 168 valence electrons. The van der Waals surface area contributed by atoms with Crippen molar-refractivity contribution >= 4 is 28.9 Å². The van der Waals surface area contributed by atoms with Crippen molar-refractivity contribution < 1.29 is 9.53 Å². The van der Waals surface area contributed by atoms with Gasteiger partial charge in [-0.3, -0.25) is 9.59 Å². The van der Waals surface area contributed by atoms with Crippen molar-refractivity contribution in [2.24, 2.45) is 0 Å². The summed E-state index contributed by atoms with van der Waals surface area (Å²) in [6.45, 7) is 1.27. The maximum atomic E-state index is 13.1. The van der Waals surface area contributed by atoms with Gasteiger partial charge in [-0.15, -0.1) is 0 Å². The highest BCUT2D eigenvalue weighted by atomic mass is 16.5. The molecule has 1 atom stereocenters. The molecule has 5 rings (SSSR count). The van der Waals surface area contributed by atoms with Crippen LogP contribution in [0.3, 0.4) is 0 Å². The summed E-state index contributed by atoms with van der Waals surface area (Å²) < 4.78 is 8.85. The van der Waals surface area contributed by atoms with Gasteiger partial charge in [-0.1, -0.05) is 0 Å². The highest BCUT2D eigenvalue weighted by Crippen LogP contribution is 2.23. The van der Waals surface area contributed by atoms with Crippen LogP contribution in [0.2, 0.25) is 0 Å². The average Bonchev–Trinajstić information content (AvgIpc) is 3.22. The van der Waals surface area contributed by atoms with Gasteiger partial charge in [-0.25, -0.2) is 4.98 Å². The summed E-state index contributed by atoms with van der Waals surface area (Å²) in [5.74, 6) is 0.919. The summed E-state index contributed by atoms with van der Waals surface area (Å²) in [5.41, 5.74) is 1.11. The molecule has 1 aliphatic heterocycles. The van der Waals surface area contributed by atoms with Crippen LogP contribution in [0.1, 0.15) is 48.5 Å². The first kappa shape index (κ1) is 20.5. The van der Waals surface area contributed by atoms with Crippen molar-refractivity contribution in [3.05, 3.63) is 46.5 Å². The van der Waals surface area contributed by atoms with E-state index in [0.717, 1.165) is 38.7 Å². The topological polar surface area (TPSA) is 115 Å². The quantitative estimate of drug-likeness (QED) is 0.542. The minimum atomic E-state index is -0.184. The van der Waals surface area contributed by atoms with Gasteiger partial charge in [0.1, 0.15) is 22.9 Å². The van der Waals surface area contributed by atoms with Gasteiger partial charge in [0.2, 0.25) is 0 Å². The van der Waals surface area contributed by atoms with Crippen LogP contribution in [0, 0.1) is 0 Å². The highest BCUT2D eigenvalue weighted by molar-refractivity contribution is 6.00. The Morgan fingerprint density at radius 2 is 2.12 bits per heavy atom. The summed E-state index contributed by atoms with van der Waals surface area (Å²) in [7, 11) is 1.77. The Hall–Kier alpha value is -3.40. The lowest BCUT2D eigenvalue weighted by Crippen LogP contribution is -2.39. The van der Waals surface area contributed by atoms with Crippen LogP contribution in [0.25, 0.3) is 5.65 Å². The molecule has 1 saturated heterocycles. The van der Waals surface area contributed by atoms with Crippen molar-refractivity contribution in [1.29, 1.82) is 0 Å². The Bertz CT molecular complexity index is 1190. The Balaban J connectivity index is 1.47. The second-order valence-electron chi connectivity index (χ2n) is 8.30. The summed E-state index contributed by atoms with van der Waals surface area (Å²) in [4.78, 5) is 30.5. The average molecular weight is 438 g/mol. The van der Waals surface area contributed by atoms with Crippen molar-refractivity contribution in [2.45, 2.75) is 44.2 Å². The first-order chi connectivity index (χ1) is 15.6. The third-order valence-corrected chi connectivity index (χ3v) is 6.18. The number of carbonyl (C=O) groups excluding carboxylic acids is 1. The fourth-order valence-corrected chi connectivity index (χ4v) is 4.15. The van der Waals surface area contributed by atoms with E-state index in [4.69, 9.17) is 4.74 Å². The molecule has 4 heterocycles. The molecule has 2 aliphatic rings. The van der Waals surface area contributed by atoms with Gasteiger partial charge < -0.3 is 25.3 Å². The third kappa shape index (κ3) is 3.81. The van der Waals surface area contributed by atoms with E-state index in [1.165, 1.54) is 6.20 Å². The first-order valence-electron chi connectivity index (χ1n) is 11.1. The van der Waals surface area contributed by atoms with Crippen LogP contribution < -0.4 is 21.5 Å². The number of hydrogen-bond donors (Lipinski definition) is 3. The second kappa shape index (κ2) is 8.62. The number of hydrogen-bond acceptors (Lipinski definition) is 7. The van der Waals surface area contributed by atoms with Gasteiger partial charge in [0.05, 0.1) is 18.8 Å². The van der Waals surface area contributed by atoms with Crippen molar-refractivity contribution in [2.75, 3.05) is 30.9 Å². The fraction of sp³-hybridized carbons (Fsp3) is 0.455. The molecule has 10 nitrogen and oxygen atoms in total. The predicted molar refractivity (Wildman–Crippen MR) is 121 cm³/mol. The van der Waals surface area contributed by atoms with Gasteiger partial charge in [0, 0.05) is 32.0 Å². The zero-order chi connectivity index (χ0) is 22.1. The van der Waals surface area contributed by atoms with Gasteiger partial charge in [0.15, 0.2) is 5.65 Å². The third-order valence-electron chi connectivity index (χ3n) is 6.18. The van der Waals surface area contributed by atoms with Gasteiger partial charge in [-0.2, -0.15) is 9.61 Å². The number of nitrogens with zero attached hydrogens (tertiary/aromatic N) is 4. The Morgan fingerprint density at radius 1 is 1.25 bits per heavy atom. The molecule has 1 amide bonds. The maximum Gasteiger partial charge on any atom is 0.274 e. The van der Waals surface area contributed by atoms with E-state index in [1.807, 2.05) is 6.07 Å². The monoisotopic (exact) mass is 437 g/mol. The molecule has 1 aliphatic carbocycles. The number of aromatic nitrogens is 4. The van der Waals surface area contributed by atoms with E-state index in [1.54, 1.807) is 34.5 Å². The highest BCUT2D eigenvalue weighted by Gasteiger charge is 2.24. The lowest BCUT2D eigenvalue weighted by molar-refractivity contribution is 0.0581. The van der Waals surface area contributed by atoms with E-state index in [0.29, 0.717) is 35.1 Å². The van der Waals surface area contributed by atoms with Crippen LogP contribution >= 0.6 is 0 Å². The standard InChI is InChI=1S/C22H27N7O3/c1-23-19-11-18(26-17-8-3-9-28(22(17)31)15-7-4-10-32-13-15)27-20-16(12-24-29(19)20)21(30)25-14-5-2-6-14/h3,8-9,11-12,14-15,23H,2,4-7,10,13H2,1H3,(H,25,30)(H,26,27). The maximum absolute atomic E-state index is 13.1. The van der Waals surface area contributed by atoms with E-state index in [-0.39, 0.29) is 23.6 Å². The SMILES string of the molecule is CNc1cc(Nc2cccn(C3CCCOC3)c2=O)nc2c(C(=O)NC3CCC3)cnn12. The molecular formula is C22H27N7O3. The molecule has 10 heteroatoms. The number of nitrogens with one attached hydrogen (secondary N) is 3. The normalized spacial score (nSPS) is 18.8. The number of amides is 1. The first-order valence-corrected chi connectivity index (χ1v) is 11.1. The molecular weight excluding hydrogens is 410 g/mol. The fourth-order valence-electron chi connectivity index (χ4n) is 4.15. The van der Waals surface area contributed by atoms with Gasteiger partial charge >= 0.3 is 0 Å². The molecule has 0 bridgehead atoms. The van der Waals surface area contributed by atoms with Gasteiger partial charge in [0.25, 0.3) is 11.5 Å². The van der Waals surface area contributed by atoms with E-state index in [2.05, 4.69) is 26.0 Å². The van der Waals surface area contributed by atoms with Crippen LogP contribution in [0.4, 0.5) is 17.3 Å². The molecule has 0 radical (unpaired) electrons. The van der Waals surface area contributed by atoms with Gasteiger partial charge in [-0.05, 0) is 44.2 Å². The molecule has 2 fully saturated rings. The van der Waals surface area contributed by atoms with E-state index < -0.39 is 0 Å². The van der Waals surface area contributed by atoms with Crippen LogP contribution in [-0.2, 0) is 4.74 Å². The lowest BCUT2D eigenvalue weighted by atomic mass is 9.93. The molecule has 3 aromatic rings. The molecule has 1 unspecified atom stereocenters. The molecule has 1 saturated carbocycles. The van der Waals surface area contributed by atoms with Crippen LogP contribution in [-0.4, -0.2) is 51.4 Å². The number of pyridine rings is 1. The summed E-state index contributed by atoms with van der Waals surface area (Å²) in [5, 5.41) is 13.6. The Morgan fingerprint density at radius 3 is 2.84 bits per heavy atom. The zero-order valence-electron chi connectivity index (χ0n) is 18.0. The molecule has 3 N–H and O–H groups in total. The Kier molecular flexibility index (Phi) is 5.52. The summed E-state index contributed by atoms with van der Waals surface area (Å²) in [6.07, 6.45) is 8.30. The molecule has 32 heavy (non-hydrogen) atoms. The molecule has 3 aromatic heterocycles. The van der Waals surface area contributed by atoms with E-state index in [9.17, 15) is 9.59 Å². The minimum Gasteiger partial charge on any atom is -0.379 e. The minimum absolute atomic E-state index is 0.0259. The smallest absolute Gasteiger partial charge is 0.274 e. The number of carbonyl (C=O) groups is 1. The lowest BCUT2D eigenvalue weighted by Gasteiger charge is -2.26. The van der Waals surface area contributed by atoms with Crippen LogP contribution in [0.5, 0.6) is 0 Å². The number of rotatable bonds is 6. The van der Waals surface area contributed by atoms with Crippen molar-refractivity contribution in [3.63, 3.8) is 0 Å². The largest absolute Gasteiger partial charge is 0.379 e. The second-order valence-corrected chi connectivity index (χ2v) is 8.30. The number of anilines is 3. The zero-order valence-corrected chi connectivity index (χ0v) is 18.0. The predicted octanol–water partition coefficient (Wildman–Crippen LogP) is 2.31. The van der Waals surface area contributed by atoms with E-state index >= 15 is 0 Å².